The van der Waals surface area contributed by atoms with Gasteiger partial charge in [-0.1, -0.05) is 0 Å². The molecule has 1 aliphatic rings. The van der Waals surface area contributed by atoms with Crippen molar-refractivity contribution in [3.8, 4) is 5.75 Å². The van der Waals surface area contributed by atoms with E-state index in [1.807, 2.05) is 6.92 Å². The van der Waals surface area contributed by atoms with Gasteiger partial charge >= 0.3 is 11.8 Å². The molecule has 3 amide bonds. The summed E-state index contributed by atoms with van der Waals surface area (Å²) in [6.07, 6.45) is 0. The van der Waals surface area contributed by atoms with Gasteiger partial charge in [-0.25, -0.2) is 0 Å². The van der Waals surface area contributed by atoms with E-state index in [0.29, 0.717) is 31.1 Å². The number of hydrogen-bond donors (Lipinski definition) is 1. The summed E-state index contributed by atoms with van der Waals surface area (Å²) in [6.45, 7) is 3.01. The summed E-state index contributed by atoms with van der Waals surface area (Å²) in [6, 6.07) is 6.87. The number of carbonyl (C=O) groups excluding carboxylic acids is 3. The Morgan fingerprint density at radius 2 is 1.73 bits per heavy atom. The molecule has 1 fully saturated rings. The predicted molar refractivity (Wildman–Crippen MR) is 80.5 cm³/mol. The first-order valence-electron chi connectivity index (χ1n) is 7.07. The maximum Gasteiger partial charge on any atom is 0.312 e. The zero-order valence-corrected chi connectivity index (χ0v) is 12.7. The van der Waals surface area contributed by atoms with Gasteiger partial charge in [0.2, 0.25) is 5.91 Å². The Morgan fingerprint density at radius 1 is 1.14 bits per heavy atom. The van der Waals surface area contributed by atoms with Crippen molar-refractivity contribution in [3.63, 3.8) is 0 Å². The summed E-state index contributed by atoms with van der Waals surface area (Å²) in [4.78, 5) is 38.4. The van der Waals surface area contributed by atoms with Crippen LogP contribution in [0.3, 0.4) is 0 Å². The molecule has 7 heteroatoms. The van der Waals surface area contributed by atoms with Crippen LogP contribution in [-0.4, -0.2) is 60.8 Å². The van der Waals surface area contributed by atoms with Crippen LogP contribution >= 0.6 is 0 Å². The molecule has 0 aromatic heterocycles. The molecule has 0 spiro atoms. The molecule has 7 nitrogen and oxygen atoms in total. The van der Waals surface area contributed by atoms with Gasteiger partial charge in [0.15, 0.2) is 0 Å². The minimum atomic E-state index is -0.627. The van der Waals surface area contributed by atoms with E-state index in [1.54, 1.807) is 31.4 Å². The lowest BCUT2D eigenvalue weighted by Crippen LogP contribution is -2.55. The number of nitrogens with one attached hydrogen (secondary N) is 1. The number of amides is 3. The second-order valence-electron chi connectivity index (χ2n) is 4.89. The highest BCUT2D eigenvalue weighted by Crippen LogP contribution is 2.15. The summed E-state index contributed by atoms with van der Waals surface area (Å²) in [5.41, 5.74) is 0.608. The highest BCUT2D eigenvalue weighted by atomic mass is 16.5. The second-order valence-corrected chi connectivity index (χ2v) is 4.89. The summed E-state index contributed by atoms with van der Waals surface area (Å²) >= 11 is 0. The molecule has 0 unspecified atom stereocenters. The average Bonchev–Trinajstić information content (AvgIpc) is 2.53. The molecular weight excluding hydrogens is 286 g/mol. The third-order valence-electron chi connectivity index (χ3n) is 3.49. The van der Waals surface area contributed by atoms with E-state index in [9.17, 15) is 14.4 Å². The van der Waals surface area contributed by atoms with Gasteiger partial charge in [-0.05, 0) is 31.2 Å². The van der Waals surface area contributed by atoms with Crippen molar-refractivity contribution >= 4 is 23.4 Å². The highest BCUT2D eigenvalue weighted by molar-refractivity contribution is 6.35. The summed E-state index contributed by atoms with van der Waals surface area (Å²) in [5, 5.41) is 2.69. The number of rotatable bonds is 5. The first-order valence-corrected chi connectivity index (χ1v) is 7.07. The van der Waals surface area contributed by atoms with Crippen LogP contribution in [0.15, 0.2) is 24.3 Å². The van der Waals surface area contributed by atoms with Crippen molar-refractivity contribution in [2.24, 2.45) is 0 Å². The Morgan fingerprint density at radius 3 is 2.32 bits per heavy atom. The number of carbonyl (C=O) groups is 3. The number of anilines is 1. The fourth-order valence-corrected chi connectivity index (χ4v) is 2.22. The summed E-state index contributed by atoms with van der Waals surface area (Å²) in [5.74, 6) is -0.824. The van der Waals surface area contributed by atoms with Gasteiger partial charge in [0.05, 0.1) is 7.11 Å². The smallest absolute Gasteiger partial charge is 0.312 e. The fourth-order valence-electron chi connectivity index (χ4n) is 2.22. The van der Waals surface area contributed by atoms with Gasteiger partial charge in [0, 0.05) is 25.3 Å². The van der Waals surface area contributed by atoms with E-state index >= 15 is 0 Å². The van der Waals surface area contributed by atoms with Crippen molar-refractivity contribution in [2.45, 2.75) is 6.92 Å². The number of piperazine rings is 1. The third kappa shape index (κ3) is 3.55. The molecule has 1 N–H and O–H groups in total. The Kier molecular flexibility index (Phi) is 4.98. The third-order valence-corrected chi connectivity index (χ3v) is 3.49. The molecule has 1 aromatic rings. The molecule has 2 rings (SSSR count). The number of likely N-dealkylation sites (N-methyl/N-ethyl adjacent to an activating group) is 1. The average molecular weight is 305 g/mol. The SMILES string of the molecule is CCN1CCN(CC(=O)Nc2ccc(OC)cc2)C(=O)C1=O. The number of ether oxygens (including phenoxy) is 1. The molecule has 1 heterocycles. The van der Waals surface area contributed by atoms with Crippen LogP contribution < -0.4 is 10.1 Å². The number of hydrogen-bond acceptors (Lipinski definition) is 4. The van der Waals surface area contributed by atoms with Gasteiger partial charge in [-0.3, -0.25) is 14.4 Å². The van der Waals surface area contributed by atoms with Crippen molar-refractivity contribution in [3.05, 3.63) is 24.3 Å². The Hall–Kier alpha value is -2.57. The highest BCUT2D eigenvalue weighted by Gasteiger charge is 2.32. The van der Waals surface area contributed by atoms with Crippen molar-refractivity contribution in [2.75, 3.05) is 38.6 Å². The second kappa shape index (κ2) is 6.93. The van der Waals surface area contributed by atoms with Gasteiger partial charge in [0.1, 0.15) is 12.3 Å². The van der Waals surface area contributed by atoms with Gasteiger partial charge in [-0.2, -0.15) is 0 Å². The zero-order valence-electron chi connectivity index (χ0n) is 12.7. The summed E-state index contributed by atoms with van der Waals surface area (Å²) < 4.78 is 5.03. The first kappa shape index (κ1) is 15.8. The van der Waals surface area contributed by atoms with Crippen LogP contribution in [0.5, 0.6) is 5.75 Å². The molecule has 22 heavy (non-hydrogen) atoms. The van der Waals surface area contributed by atoms with Crippen LogP contribution in [0.25, 0.3) is 0 Å². The zero-order chi connectivity index (χ0) is 16.1. The molecule has 1 aromatic carbocycles. The van der Waals surface area contributed by atoms with E-state index in [1.165, 1.54) is 9.80 Å². The lowest BCUT2D eigenvalue weighted by Gasteiger charge is -2.32. The van der Waals surface area contributed by atoms with Gasteiger partial charge in [-0.15, -0.1) is 0 Å². The maximum absolute atomic E-state index is 12.0. The molecule has 1 aliphatic heterocycles. The lowest BCUT2D eigenvalue weighted by molar-refractivity contribution is -0.156. The quantitative estimate of drug-likeness (QED) is 0.795. The number of benzene rings is 1. The molecule has 0 aliphatic carbocycles. The van der Waals surface area contributed by atoms with Gasteiger partial charge in [0.25, 0.3) is 0 Å². The first-order chi connectivity index (χ1) is 10.5. The van der Waals surface area contributed by atoms with Crippen molar-refractivity contribution in [1.82, 2.24) is 9.80 Å². The van der Waals surface area contributed by atoms with Gasteiger partial charge < -0.3 is 19.9 Å². The standard InChI is InChI=1S/C15H19N3O4/c1-3-17-8-9-18(15(21)14(17)20)10-13(19)16-11-4-6-12(22-2)7-5-11/h4-7H,3,8-10H2,1-2H3,(H,16,19). The van der Waals surface area contributed by atoms with Crippen LogP contribution in [-0.2, 0) is 14.4 Å². The fraction of sp³-hybridized carbons (Fsp3) is 0.400. The normalized spacial score (nSPS) is 15.0. The maximum atomic E-state index is 12.0. The molecule has 0 saturated carbocycles. The molecule has 0 bridgehead atoms. The minimum absolute atomic E-state index is 0.131. The van der Waals surface area contributed by atoms with Crippen molar-refractivity contribution < 1.29 is 19.1 Å². The Balaban J connectivity index is 1.91. The topological polar surface area (TPSA) is 79.0 Å². The molecular formula is C15H19N3O4. The van der Waals surface area contributed by atoms with E-state index in [-0.39, 0.29) is 12.5 Å². The van der Waals surface area contributed by atoms with E-state index in [4.69, 9.17) is 4.74 Å². The lowest BCUT2D eigenvalue weighted by atomic mass is 10.2. The Labute approximate surface area is 128 Å². The number of nitrogens with zero attached hydrogens (tertiary/aromatic N) is 2. The van der Waals surface area contributed by atoms with Crippen LogP contribution in [0.1, 0.15) is 6.92 Å². The van der Waals surface area contributed by atoms with Crippen LogP contribution in [0.2, 0.25) is 0 Å². The largest absolute Gasteiger partial charge is 0.497 e. The monoisotopic (exact) mass is 305 g/mol. The molecule has 0 atom stereocenters. The van der Waals surface area contributed by atoms with E-state index in [0.717, 1.165) is 0 Å². The Bertz CT molecular complexity index is 571. The summed E-state index contributed by atoms with van der Waals surface area (Å²) in [7, 11) is 1.56. The van der Waals surface area contributed by atoms with E-state index in [2.05, 4.69) is 5.32 Å². The minimum Gasteiger partial charge on any atom is -0.497 e. The van der Waals surface area contributed by atoms with Crippen LogP contribution in [0.4, 0.5) is 5.69 Å². The molecule has 118 valence electrons. The van der Waals surface area contributed by atoms with Crippen molar-refractivity contribution in [1.29, 1.82) is 0 Å². The molecule has 0 radical (unpaired) electrons. The predicted octanol–water partition coefficient (Wildman–Crippen LogP) is 0.324. The molecule has 1 saturated heterocycles. The number of methoxy groups -OCH3 is 1. The van der Waals surface area contributed by atoms with Crippen LogP contribution in [0, 0.1) is 0 Å². The van der Waals surface area contributed by atoms with E-state index < -0.39 is 11.8 Å².